The van der Waals surface area contributed by atoms with Gasteiger partial charge in [0, 0.05) is 3.92 Å². The van der Waals surface area contributed by atoms with E-state index >= 15 is 0 Å². The molecule has 9 heavy (non-hydrogen) atoms. The van der Waals surface area contributed by atoms with Crippen molar-refractivity contribution < 1.29 is 0 Å². The predicted molar refractivity (Wildman–Crippen MR) is 50.0 cm³/mol. The predicted octanol–water partition coefficient (Wildman–Crippen LogP) is 3.25. The zero-order chi connectivity index (χ0) is 7.07. The maximum Gasteiger partial charge on any atom is 0.0112 e. The van der Waals surface area contributed by atoms with Crippen LogP contribution in [0.15, 0.2) is 0 Å². The minimum Gasteiger partial charge on any atom is -0.0826 e. The number of alkyl halides is 1. The number of hydrogen-bond donors (Lipinski definition) is 0. The minimum atomic E-state index is 0.723. The van der Waals surface area contributed by atoms with Crippen LogP contribution in [-0.4, -0.2) is 3.92 Å². The Labute approximate surface area is 71.5 Å². The van der Waals surface area contributed by atoms with Crippen molar-refractivity contribution in [3.05, 3.63) is 0 Å². The maximum absolute atomic E-state index is 2.53. The molecule has 0 spiro atoms. The summed E-state index contributed by atoms with van der Waals surface area (Å²) in [7, 11) is 0. The molecule has 0 heterocycles. The lowest BCUT2D eigenvalue weighted by Gasteiger charge is -2.20. The van der Waals surface area contributed by atoms with Gasteiger partial charge in [-0.3, -0.25) is 0 Å². The molecule has 1 fully saturated rings. The smallest absolute Gasteiger partial charge is 0.0112 e. The quantitative estimate of drug-likeness (QED) is 0.511. The molecule has 0 bridgehead atoms. The van der Waals surface area contributed by atoms with Gasteiger partial charge in [-0.1, -0.05) is 43.4 Å². The van der Waals surface area contributed by atoms with Gasteiger partial charge in [0.15, 0.2) is 0 Å². The highest BCUT2D eigenvalue weighted by Crippen LogP contribution is 2.53. The molecule has 0 aromatic carbocycles. The Morgan fingerprint density at radius 2 is 1.78 bits per heavy atom. The summed E-state index contributed by atoms with van der Waals surface area (Å²) in [6, 6.07) is 0. The van der Waals surface area contributed by atoms with Crippen molar-refractivity contribution in [3.8, 4) is 0 Å². The molecule has 54 valence electrons. The lowest BCUT2D eigenvalue weighted by molar-refractivity contribution is 0.371. The first-order chi connectivity index (χ1) is 4.06. The van der Waals surface area contributed by atoms with Gasteiger partial charge in [0.2, 0.25) is 0 Å². The van der Waals surface area contributed by atoms with Gasteiger partial charge >= 0.3 is 0 Å². The van der Waals surface area contributed by atoms with Crippen molar-refractivity contribution in [2.45, 2.75) is 37.5 Å². The Kier molecular flexibility index (Phi) is 2.09. The normalized spacial score (nSPS) is 29.3. The summed E-state index contributed by atoms with van der Waals surface area (Å²) in [5.74, 6) is 0.915. The van der Waals surface area contributed by atoms with Crippen molar-refractivity contribution in [2.24, 2.45) is 11.3 Å². The second-order valence-corrected chi connectivity index (χ2v) is 5.59. The average molecular weight is 238 g/mol. The van der Waals surface area contributed by atoms with Gasteiger partial charge in [-0.15, -0.1) is 0 Å². The highest BCUT2D eigenvalue weighted by Gasteiger charge is 2.43. The lowest BCUT2D eigenvalue weighted by atomic mass is 9.91. The van der Waals surface area contributed by atoms with Gasteiger partial charge < -0.3 is 0 Å². The molecule has 1 aliphatic carbocycles. The van der Waals surface area contributed by atoms with Crippen LogP contribution in [0.1, 0.15) is 33.6 Å². The topological polar surface area (TPSA) is 0 Å². The van der Waals surface area contributed by atoms with E-state index in [0.29, 0.717) is 0 Å². The highest BCUT2D eigenvalue weighted by molar-refractivity contribution is 14.1. The van der Waals surface area contributed by atoms with Crippen LogP contribution in [0.4, 0.5) is 0 Å². The third-order valence-corrected chi connectivity index (χ3v) is 3.91. The van der Waals surface area contributed by atoms with Crippen molar-refractivity contribution in [3.63, 3.8) is 0 Å². The number of rotatable bonds is 2. The van der Waals surface area contributed by atoms with Crippen LogP contribution in [0.5, 0.6) is 0 Å². The molecule has 1 rings (SSSR count). The van der Waals surface area contributed by atoms with E-state index in [1.807, 2.05) is 0 Å². The van der Waals surface area contributed by atoms with Crippen LogP contribution in [-0.2, 0) is 0 Å². The molecule has 0 aliphatic heterocycles. The third-order valence-electron chi connectivity index (χ3n) is 2.83. The van der Waals surface area contributed by atoms with E-state index in [-0.39, 0.29) is 0 Å². The van der Waals surface area contributed by atoms with E-state index in [4.69, 9.17) is 0 Å². The third kappa shape index (κ3) is 1.60. The lowest BCUT2D eigenvalue weighted by Crippen LogP contribution is -2.16. The van der Waals surface area contributed by atoms with Crippen LogP contribution in [0.25, 0.3) is 0 Å². The van der Waals surface area contributed by atoms with Crippen molar-refractivity contribution in [1.29, 1.82) is 0 Å². The molecule has 2 unspecified atom stereocenters. The summed E-state index contributed by atoms with van der Waals surface area (Å²) in [6.07, 6.45) is 2.92. The number of halogens is 1. The molecular weight excluding hydrogens is 223 g/mol. The Morgan fingerprint density at radius 1 is 1.33 bits per heavy atom. The van der Waals surface area contributed by atoms with E-state index in [1.165, 1.54) is 12.8 Å². The van der Waals surface area contributed by atoms with E-state index in [9.17, 15) is 0 Å². The molecule has 1 saturated carbocycles. The Hall–Kier alpha value is 0.730. The van der Waals surface area contributed by atoms with E-state index < -0.39 is 0 Å². The summed E-state index contributed by atoms with van der Waals surface area (Å²) in [5.41, 5.74) is 0.723. The second-order valence-electron chi connectivity index (χ2n) is 3.62. The van der Waals surface area contributed by atoms with E-state index in [1.54, 1.807) is 0 Å². The second kappa shape index (κ2) is 2.40. The molecule has 0 saturated heterocycles. The zero-order valence-corrected chi connectivity index (χ0v) is 8.60. The molecule has 1 heteroatoms. The van der Waals surface area contributed by atoms with Crippen LogP contribution >= 0.6 is 22.6 Å². The molecule has 0 radical (unpaired) electrons. The summed E-state index contributed by atoms with van der Waals surface area (Å²) in [4.78, 5) is 0. The summed E-state index contributed by atoms with van der Waals surface area (Å²) < 4.78 is 0.843. The van der Waals surface area contributed by atoms with Crippen LogP contribution in [0.2, 0.25) is 0 Å². The molecule has 0 nitrogen and oxygen atoms in total. The summed E-state index contributed by atoms with van der Waals surface area (Å²) in [6.45, 7) is 7.10. The number of hydrogen-bond acceptors (Lipinski definition) is 0. The zero-order valence-electron chi connectivity index (χ0n) is 6.45. The monoisotopic (exact) mass is 238 g/mol. The van der Waals surface area contributed by atoms with Gasteiger partial charge in [0.25, 0.3) is 0 Å². The largest absolute Gasteiger partial charge is 0.0826 e. The fourth-order valence-corrected chi connectivity index (χ4v) is 2.08. The van der Waals surface area contributed by atoms with Crippen molar-refractivity contribution in [2.75, 3.05) is 0 Å². The highest BCUT2D eigenvalue weighted by atomic mass is 127. The van der Waals surface area contributed by atoms with Crippen LogP contribution in [0, 0.1) is 11.3 Å². The first-order valence-corrected chi connectivity index (χ1v) is 4.95. The first-order valence-electron chi connectivity index (χ1n) is 3.70. The SMILES string of the molecule is CC(I)C(C)C1(C)CC1. The standard InChI is InChI=1S/C8H15I/c1-6(7(2)9)8(3)4-5-8/h6-7H,4-5H2,1-3H3. The van der Waals surface area contributed by atoms with Gasteiger partial charge in [-0.2, -0.15) is 0 Å². The van der Waals surface area contributed by atoms with Crippen LogP contribution < -0.4 is 0 Å². The van der Waals surface area contributed by atoms with Crippen molar-refractivity contribution in [1.82, 2.24) is 0 Å². The molecule has 2 atom stereocenters. The molecule has 1 aliphatic rings. The van der Waals surface area contributed by atoms with Crippen molar-refractivity contribution >= 4 is 22.6 Å². The fraction of sp³-hybridized carbons (Fsp3) is 1.00. The van der Waals surface area contributed by atoms with Gasteiger partial charge in [-0.05, 0) is 24.2 Å². The Bertz CT molecular complexity index is 103. The average Bonchev–Trinajstić information content (AvgIpc) is 2.47. The van der Waals surface area contributed by atoms with Gasteiger partial charge in [0.1, 0.15) is 0 Å². The molecule has 0 aromatic rings. The van der Waals surface area contributed by atoms with Crippen LogP contribution in [0.3, 0.4) is 0 Å². The summed E-state index contributed by atoms with van der Waals surface area (Å²) >= 11 is 2.53. The maximum atomic E-state index is 2.53. The fourth-order valence-electron chi connectivity index (χ4n) is 1.21. The van der Waals surface area contributed by atoms with Gasteiger partial charge in [0.05, 0.1) is 0 Å². The van der Waals surface area contributed by atoms with E-state index in [0.717, 1.165) is 15.3 Å². The minimum absolute atomic E-state index is 0.723. The molecule has 0 amide bonds. The summed E-state index contributed by atoms with van der Waals surface area (Å²) in [5, 5.41) is 0. The first kappa shape index (κ1) is 7.83. The Balaban J connectivity index is 2.42. The molecule has 0 N–H and O–H groups in total. The Morgan fingerprint density at radius 3 is 1.89 bits per heavy atom. The molecular formula is C8H15I. The van der Waals surface area contributed by atoms with Gasteiger partial charge in [-0.25, -0.2) is 0 Å². The van der Waals surface area contributed by atoms with E-state index in [2.05, 4.69) is 43.4 Å². The molecule has 0 aromatic heterocycles.